The topological polar surface area (TPSA) is 74.7 Å². The lowest BCUT2D eigenvalue weighted by atomic mass is 9.79. The number of urea groups is 1. The molecule has 0 aliphatic carbocycles. The van der Waals surface area contributed by atoms with E-state index in [0.29, 0.717) is 26.2 Å². The molecule has 6 nitrogen and oxygen atoms in total. The Hall–Kier alpha value is -1.66. The Morgan fingerprint density at radius 3 is 2.96 bits per heavy atom. The summed E-state index contributed by atoms with van der Waals surface area (Å²) in [6.07, 6.45) is 2.48. The predicted molar refractivity (Wildman–Crippen MR) is 92.0 cm³/mol. The molecule has 1 aromatic rings. The molecule has 0 aromatic carbocycles. The highest BCUT2D eigenvalue weighted by atomic mass is 16.5. The van der Waals surface area contributed by atoms with Gasteiger partial charge in [-0.3, -0.25) is 4.98 Å². The van der Waals surface area contributed by atoms with Crippen LogP contribution in [-0.2, 0) is 4.74 Å². The molecule has 0 radical (unpaired) electrons. The number of hydrogen-bond acceptors (Lipinski definition) is 4. The fraction of sp³-hybridized carbons (Fsp3) is 0.667. The molecule has 2 N–H and O–H groups in total. The lowest BCUT2D eigenvalue weighted by molar-refractivity contribution is -0.118. The molecular weight excluding hydrogens is 306 g/mol. The van der Waals surface area contributed by atoms with Crippen LogP contribution in [0, 0.1) is 19.8 Å². The van der Waals surface area contributed by atoms with Crippen LogP contribution >= 0.6 is 0 Å². The number of nitrogens with zero attached hydrogens (tertiary/aromatic N) is 2. The number of pyridine rings is 1. The fourth-order valence-corrected chi connectivity index (χ4v) is 3.85. The molecule has 0 saturated carbocycles. The number of amides is 2. The van der Waals surface area contributed by atoms with Gasteiger partial charge < -0.3 is 20.1 Å². The Morgan fingerprint density at radius 1 is 1.46 bits per heavy atom. The van der Waals surface area contributed by atoms with Crippen molar-refractivity contribution in [1.29, 1.82) is 0 Å². The number of aliphatic hydroxyl groups is 1. The number of rotatable bonds is 2. The third kappa shape index (κ3) is 3.39. The number of nitrogens with one attached hydrogen (secondary N) is 1. The summed E-state index contributed by atoms with van der Waals surface area (Å²) >= 11 is 0. The van der Waals surface area contributed by atoms with Gasteiger partial charge in [-0.15, -0.1) is 0 Å². The Bertz CT molecular complexity index is 618. The maximum absolute atomic E-state index is 12.8. The van der Waals surface area contributed by atoms with Gasteiger partial charge >= 0.3 is 6.03 Å². The van der Waals surface area contributed by atoms with E-state index in [1.165, 1.54) is 0 Å². The summed E-state index contributed by atoms with van der Waals surface area (Å²) in [7, 11) is 0. The van der Waals surface area contributed by atoms with Gasteiger partial charge in [-0.2, -0.15) is 0 Å². The zero-order valence-corrected chi connectivity index (χ0v) is 14.7. The molecule has 24 heavy (non-hydrogen) atoms. The number of likely N-dealkylation sites (tertiary alicyclic amines) is 1. The number of aromatic nitrogens is 1. The largest absolute Gasteiger partial charge is 0.390 e. The van der Waals surface area contributed by atoms with Crippen molar-refractivity contribution in [2.24, 2.45) is 5.92 Å². The Kier molecular flexibility index (Phi) is 4.78. The van der Waals surface area contributed by atoms with Crippen LogP contribution in [0.1, 0.15) is 37.6 Å². The SMILES string of the molecule is Cc1ccc(NC(=O)N2CCCC2C2COCCC2(C)O)c(C)n1. The highest BCUT2D eigenvalue weighted by Gasteiger charge is 2.45. The van der Waals surface area contributed by atoms with Crippen LogP contribution in [-0.4, -0.2) is 52.4 Å². The summed E-state index contributed by atoms with van der Waals surface area (Å²) in [4.78, 5) is 19.0. The van der Waals surface area contributed by atoms with Gasteiger partial charge in [-0.05, 0) is 52.2 Å². The van der Waals surface area contributed by atoms with Gasteiger partial charge in [-0.1, -0.05) is 0 Å². The van der Waals surface area contributed by atoms with E-state index in [0.717, 1.165) is 29.9 Å². The van der Waals surface area contributed by atoms with E-state index in [2.05, 4.69) is 10.3 Å². The van der Waals surface area contributed by atoms with Gasteiger partial charge in [0.1, 0.15) is 0 Å². The molecular formula is C18H27N3O3. The van der Waals surface area contributed by atoms with E-state index in [-0.39, 0.29) is 18.0 Å². The quantitative estimate of drug-likeness (QED) is 0.872. The van der Waals surface area contributed by atoms with Crippen molar-refractivity contribution in [2.75, 3.05) is 25.1 Å². The van der Waals surface area contributed by atoms with Crippen molar-refractivity contribution in [3.05, 3.63) is 23.5 Å². The van der Waals surface area contributed by atoms with Gasteiger partial charge in [0, 0.05) is 30.8 Å². The second-order valence-corrected chi connectivity index (χ2v) is 7.21. The van der Waals surface area contributed by atoms with Crippen LogP contribution in [0.3, 0.4) is 0 Å². The summed E-state index contributed by atoms with van der Waals surface area (Å²) < 4.78 is 5.58. The molecule has 2 saturated heterocycles. The molecule has 3 rings (SSSR count). The van der Waals surface area contributed by atoms with E-state index in [1.54, 1.807) is 0 Å². The number of carbonyl (C=O) groups is 1. The number of anilines is 1. The predicted octanol–water partition coefficient (Wildman–Crippen LogP) is 2.48. The van der Waals surface area contributed by atoms with E-state index in [4.69, 9.17) is 4.74 Å². The molecule has 2 aliphatic rings. The minimum atomic E-state index is -0.785. The first-order valence-electron chi connectivity index (χ1n) is 8.70. The molecule has 1 aromatic heterocycles. The number of aryl methyl sites for hydroxylation is 2. The minimum absolute atomic E-state index is 0.0130. The molecule has 0 spiro atoms. The highest BCUT2D eigenvalue weighted by molar-refractivity contribution is 5.90. The van der Waals surface area contributed by atoms with E-state index >= 15 is 0 Å². The molecule has 2 aliphatic heterocycles. The van der Waals surface area contributed by atoms with Crippen LogP contribution in [0.15, 0.2) is 12.1 Å². The van der Waals surface area contributed by atoms with Gasteiger partial charge in [0.05, 0.1) is 23.6 Å². The van der Waals surface area contributed by atoms with Crippen LogP contribution in [0.5, 0.6) is 0 Å². The fourth-order valence-electron chi connectivity index (χ4n) is 3.85. The Morgan fingerprint density at radius 2 is 2.25 bits per heavy atom. The summed E-state index contributed by atoms with van der Waals surface area (Å²) in [5.74, 6) is -0.0447. The van der Waals surface area contributed by atoms with Crippen LogP contribution in [0.25, 0.3) is 0 Å². The van der Waals surface area contributed by atoms with Crippen molar-refractivity contribution in [3.8, 4) is 0 Å². The van der Waals surface area contributed by atoms with Crippen LogP contribution < -0.4 is 5.32 Å². The first-order valence-corrected chi connectivity index (χ1v) is 8.70. The number of carbonyl (C=O) groups excluding carboxylic acids is 1. The highest BCUT2D eigenvalue weighted by Crippen LogP contribution is 2.36. The monoisotopic (exact) mass is 333 g/mol. The molecule has 0 bridgehead atoms. The molecule has 2 fully saturated rings. The van der Waals surface area contributed by atoms with E-state index in [9.17, 15) is 9.90 Å². The zero-order chi connectivity index (χ0) is 17.3. The van der Waals surface area contributed by atoms with Gasteiger partial charge in [0.2, 0.25) is 0 Å². The van der Waals surface area contributed by atoms with Gasteiger partial charge in [-0.25, -0.2) is 4.79 Å². The standard InChI is InChI=1S/C18H27N3O3/c1-12-6-7-15(13(2)19-12)20-17(22)21-9-4-5-16(21)14-11-24-10-8-18(14,3)23/h6-7,14,16,23H,4-5,8-11H2,1-3H3,(H,20,22). The summed E-state index contributed by atoms with van der Waals surface area (Å²) in [5.41, 5.74) is 1.70. The molecule has 3 unspecified atom stereocenters. The molecule has 132 valence electrons. The number of ether oxygens (including phenoxy) is 1. The maximum Gasteiger partial charge on any atom is 0.322 e. The molecule has 3 atom stereocenters. The summed E-state index contributed by atoms with van der Waals surface area (Å²) in [6, 6.07) is 3.68. The summed E-state index contributed by atoms with van der Waals surface area (Å²) in [6.45, 7) is 7.48. The van der Waals surface area contributed by atoms with Gasteiger partial charge in [0.25, 0.3) is 0 Å². The molecule has 6 heteroatoms. The minimum Gasteiger partial charge on any atom is -0.390 e. The molecule has 2 amide bonds. The van der Waals surface area contributed by atoms with Crippen molar-refractivity contribution in [3.63, 3.8) is 0 Å². The van der Waals surface area contributed by atoms with Crippen molar-refractivity contribution >= 4 is 11.7 Å². The summed E-state index contributed by atoms with van der Waals surface area (Å²) in [5, 5.41) is 13.7. The van der Waals surface area contributed by atoms with Crippen LogP contribution in [0.2, 0.25) is 0 Å². The lowest BCUT2D eigenvalue weighted by Crippen LogP contribution is -2.54. The van der Waals surface area contributed by atoms with Crippen LogP contribution in [0.4, 0.5) is 10.5 Å². The maximum atomic E-state index is 12.8. The first-order chi connectivity index (χ1) is 11.4. The van der Waals surface area contributed by atoms with E-state index < -0.39 is 5.60 Å². The van der Waals surface area contributed by atoms with Gasteiger partial charge in [0.15, 0.2) is 0 Å². The van der Waals surface area contributed by atoms with Crippen molar-refractivity contribution < 1.29 is 14.6 Å². The normalized spacial score (nSPS) is 30.4. The Labute approximate surface area is 143 Å². The van der Waals surface area contributed by atoms with Crippen molar-refractivity contribution in [2.45, 2.75) is 51.7 Å². The Balaban J connectivity index is 1.74. The third-order valence-corrected chi connectivity index (χ3v) is 5.34. The smallest absolute Gasteiger partial charge is 0.322 e. The van der Waals surface area contributed by atoms with E-state index in [1.807, 2.05) is 37.8 Å². The number of hydrogen-bond donors (Lipinski definition) is 2. The zero-order valence-electron chi connectivity index (χ0n) is 14.7. The first kappa shape index (κ1) is 17.2. The second kappa shape index (κ2) is 6.69. The van der Waals surface area contributed by atoms with Crippen molar-refractivity contribution in [1.82, 2.24) is 9.88 Å². The average molecular weight is 333 g/mol. The molecule has 3 heterocycles. The lowest BCUT2D eigenvalue weighted by Gasteiger charge is -2.43. The second-order valence-electron chi connectivity index (χ2n) is 7.21. The average Bonchev–Trinajstić information content (AvgIpc) is 2.99. The third-order valence-electron chi connectivity index (χ3n) is 5.34.